The maximum absolute atomic E-state index is 13.7. The van der Waals surface area contributed by atoms with Crippen molar-refractivity contribution in [2.75, 3.05) is 5.32 Å². The van der Waals surface area contributed by atoms with Crippen molar-refractivity contribution < 1.29 is 5.11 Å². The number of benzene rings is 3. The van der Waals surface area contributed by atoms with E-state index in [1.165, 1.54) is 0 Å². The van der Waals surface area contributed by atoms with Gasteiger partial charge in [-0.2, -0.15) is 0 Å². The summed E-state index contributed by atoms with van der Waals surface area (Å²) in [6.07, 6.45) is 1.05. The van der Waals surface area contributed by atoms with Crippen LogP contribution in [-0.4, -0.2) is 10.1 Å². The van der Waals surface area contributed by atoms with Crippen LogP contribution in [0.3, 0.4) is 0 Å². The summed E-state index contributed by atoms with van der Waals surface area (Å²) in [4.78, 5) is 31.2. The second-order valence-corrected chi connectivity index (χ2v) is 8.57. The van der Waals surface area contributed by atoms with Gasteiger partial charge in [0.05, 0.1) is 21.8 Å². The lowest BCUT2D eigenvalue weighted by molar-refractivity contribution is 0.475. The van der Waals surface area contributed by atoms with E-state index in [0.717, 1.165) is 16.8 Å². The molecule has 1 aliphatic heterocycles. The van der Waals surface area contributed by atoms with E-state index in [9.17, 15) is 14.7 Å². The molecule has 5 rings (SSSR count). The first-order valence-electron chi connectivity index (χ1n) is 11.1. The van der Waals surface area contributed by atoms with E-state index in [0.29, 0.717) is 50.6 Å². The zero-order valence-corrected chi connectivity index (χ0v) is 18.8. The van der Waals surface area contributed by atoms with Gasteiger partial charge in [-0.05, 0) is 49.4 Å². The molecule has 5 nitrogen and oxygen atoms in total. The normalized spacial score (nSPS) is 12.6. The van der Waals surface area contributed by atoms with E-state index in [4.69, 9.17) is 0 Å². The highest BCUT2D eigenvalue weighted by Crippen LogP contribution is 2.29. The topological polar surface area (TPSA) is 79.3 Å². The fraction of sp³-hybridized carbons (Fsp3) is 0.179. The van der Waals surface area contributed by atoms with Crippen molar-refractivity contribution in [1.29, 1.82) is 0 Å². The second kappa shape index (κ2) is 7.85. The predicted molar refractivity (Wildman–Crippen MR) is 134 cm³/mol. The molecular weight excluding hydrogens is 412 g/mol. The first-order valence-corrected chi connectivity index (χ1v) is 11.1. The number of hydrogen-bond donors (Lipinski definition) is 2. The zero-order valence-electron chi connectivity index (χ0n) is 18.8. The highest BCUT2D eigenvalue weighted by molar-refractivity contribution is 5.96. The number of anilines is 2. The van der Waals surface area contributed by atoms with Crippen molar-refractivity contribution in [3.8, 4) is 0 Å². The van der Waals surface area contributed by atoms with Gasteiger partial charge in [0.25, 0.3) is 5.56 Å². The van der Waals surface area contributed by atoms with Gasteiger partial charge in [-0.3, -0.25) is 9.59 Å². The molecule has 1 aliphatic carbocycles. The monoisotopic (exact) mass is 436 g/mol. The van der Waals surface area contributed by atoms with Crippen molar-refractivity contribution in [3.63, 3.8) is 0 Å². The van der Waals surface area contributed by atoms with Gasteiger partial charge >= 0.3 is 0 Å². The number of aliphatic hydroxyl groups is 1. The van der Waals surface area contributed by atoms with Crippen molar-refractivity contribution in [2.45, 2.75) is 33.6 Å². The molecule has 0 saturated carbocycles. The van der Waals surface area contributed by atoms with Gasteiger partial charge in [-0.15, -0.1) is 0 Å². The molecular formula is C28H24N2O3. The molecule has 0 aromatic heterocycles. The van der Waals surface area contributed by atoms with Crippen molar-refractivity contribution >= 4 is 38.8 Å². The molecule has 1 heterocycles. The molecule has 3 aromatic carbocycles. The van der Waals surface area contributed by atoms with Crippen LogP contribution in [0.4, 0.5) is 11.4 Å². The third kappa shape index (κ3) is 3.28. The van der Waals surface area contributed by atoms with Crippen LogP contribution in [0, 0.1) is 24.3 Å². The van der Waals surface area contributed by atoms with Crippen LogP contribution in [0.5, 0.6) is 0 Å². The summed E-state index contributed by atoms with van der Waals surface area (Å²) in [7, 11) is 0. The molecule has 0 atom stereocenters. The smallest absolute Gasteiger partial charge is 0.281 e. The largest absolute Gasteiger partial charge is 0.511 e. The van der Waals surface area contributed by atoms with Gasteiger partial charge in [0.15, 0.2) is 5.43 Å². The standard InChI is InChI=1S/C28H24N2O3/c1-4-7-21(31)24-22-18-8-5-6-9-19(18)27(32)23-20(29-17-12-10-15(2)11-13-17)14-16(3)26(25(22)23)30-28(24)33/h5-6,8-14,29,31H,4,7H2,1-3H3/b24-21-. The highest BCUT2D eigenvalue weighted by Gasteiger charge is 2.19. The number of aliphatic hydroxyl groups excluding tert-OH is 1. The van der Waals surface area contributed by atoms with Crippen LogP contribution < -0.4 is 21.5 Å². The molecule has 5 heteroatoms. The van der Waals surface area contributed by atoms with E-state index in [1.54, 1.807) is 6.07 Å². The van der Waals surface area contributed by atoms with E-state index in [2.05, 4.69) is 10.3 Å². The highest BCUT2D eigenvalue weighted by atomic mass is 16.3. The minimum atomic E-state index is -0.471. The number of hydrogen-bond acceptors (Lipinski definition) is 5. The minimum absolute atomic E-state index is 0.0107. The zero-order chi connectivity index (χ0) is 23.3. The average Bonchev–Trinajstić information content (AvgIpc) is 2.80. The first kappa shape index (κ1) is 20.9. The Labute approximate surface area is 190 Å². The van der Waals surface area contributed by atoms with Crippen LogP contribution in [0.1, 0.15) is 30.9 Å². The SMILES string of the molecule is CCC/C(O)=c1/c(=O)nc2c(C)cc(Nc3ccc(C)cc3)c3c2=c1c1ccccc1c3=O. The molecule has 0 amide bonds. The Kier molecular flexibility index (Phi) is 4.97. The summed E-state index contributed by atoms with van der Waals surface area (Å²) in [6.45, 7) is 5.85. The van der Waals surface area contributed by atoms with Crippen molar-refractivity contribution in [3.05, 3.63) is 102 Å². The Hall–Kier alpha value is -3.99. The lowest BCUT2D eigenvalue weighted by Gasteiger charge is -2.14. The van der Waals surface area contributed by atoms with Gasteiger partial charge < -0.3 is 10.4 Å². The van der Waals surface area contributed by atoms with E-state index in [-0.39, 0.29) is 16.4 Å². The van der Waals surface area contributed by atoms with Gasteiger partial charge in [-0.25, -0.2) is 4.98 Å². The maximum Gasteiger partial charge on any atom is 0.281 e. The number of nitrogens with one attached hydrogen (secondary N) is 1. The fourth-order valence-corrected chi connectivity index (χ4v) is 4.64. The van der Waals surface area contributed by atoms with E-state index >= 15 is 0 Å². The summed E-state index contributed by atoms with van der Waals surface area (Å²) in [5.41, 5.74) is 3.34. The van der Waals surface area contributed by atoms with Gasteiger partial charge in [-0.1, -0.05) is 48.9 Å². The Balaban J connectivity index is 2.08. The quantitative estimate of drug-likeness (QED) is 0.422. The van der Waals surface area contributed by atoms with Crippen LogP contribution in [0.25, 0.3) is 27.4 Å². The molecule has 164 valence electrons. The van der Waals surface area contributed by atoms with Crippen molar-refractivity contribution in [2.24, 2.45) is 0 Å². The molecule has 0 saturated heterocycles. The summed E-state index contributed by atoms with van der Waals surface area (Å²) in [6, 6.07) is 17.1. The maximum atomic E-state index is 13.7. The minimum Gasteiger partial charge on any atom is -0.511 e. The van der Waals surface area contributed by atoms with Crippen LogP contribution >= 0.6 is 0 Å². The molecule has 0 bridgehead atoms. The summed E-state index contributed by atoms with van der Waals surface area (Å²) in [5.74, 6) is 0.0107. The van der Waals surface area contributed by atoms with E-state index in [1.807, 2.05) is 69.3 Å². The van der Waals surface area contributed by atoms with Gasteiger partial charge in [0.1, 0.15) is 5.76 Å². The van der Waals surface area contributed by atoms with Crippen LogP contribution in [0.15, 0.2) is 64.2 Å². The Bertz CT molecular complexity index is 1760. The Morgan fingerprint density at radius 2 is 1.67 bits per heavy atom. The van der Waals surface area contributed by atoms with E-state index < -0.39 is 5.56 Å². The lowest BCUT2D eigenvalue weighted by Crippen LogP contribution is -2.33. The molecule has 2 N–H and O–H groups in total. The summed E-state index contributed by atoms with van der Waals surface area (Å²) in [5, 5.41) is 17.3. The molecule has 0 fully saturated rings. The lowest BCUT2D eigenvalue weighted by atomic mass is 9.95. The summed E-state index contributed by atoms with van der Waals surface area (Å²) < 4.78 is 0. The van der Waals surface area contributed by atoms with Crippen molar-refractivity contribution in [1.82, 2.24) is 4.98 Å². The second-order valence-electron chi connectivity index (χ2n) is 8.57. The first-order chi connectivity index (χ1) is 15.9. The number of aryl methyl sites for hydroxylation is 2. The molecule has 3 aromatic rings. The predicted octanol–water partition coefficient (Wildman–Crippen LogP) is 4.82. The molecule has 33 heavy (non-hydrogen) atoms. The number of rotatable bonds is 4. The molecule has 0 radical (unpaired) electrons. The molecule has 0 spiro atoms. The Morgan fingerprint density at radius 1 is 0.970 bits per heavy atom. The third-order valence-electron chi connectivity index (χ3n) is 6.19. The Morgan fingerprint density at radius 3 is 2.36 bits per heavy atom. The molecule has 0 unspecified atom stereocenters. The number of fused-ring (bicyclic) bond motifs is 2. The van der Waals surface area contributed by atoms with Gasteiger partial charge in [0, 0.05) is 27.9 Å². The number of nitrogens with zero attached hydrogens (tertiary/aromatic N) is 1. The van der Waals surface area contributed by atoms with Crippen LogP contribution in [-0.2, 0) is 0 Å². The summed E-state index contributed by atoms with van der Waals surface area (Å²) >= 11 is 0. The molecule has 2 aliphatic rings. The third-order valence-corrected chi connectivity index (χ3v) is 6.19. The average molecular weight is 437 g/mol. The fourth-order valence-electron chi connectivity index (χ4n) is 4.64. The van der Waals surface area contributed by atoms with Gasteiger partial charge in [0.2, 0.25) is 0 Å². The number of aromatic nitrogens is 1. The van der Waals surface area contributed by atoms with Crippen LogP contribution in [0.2, 0.25) is 0 Å².